The van der Waals surface area contributed by atoms with Crippen molar-refractivity contribution < 1.29 is 9.53 Å². The molecule has 0 bridgehead atoms. The maximum Gasteiger partial charge on any atom is 0.318 e. The van der Waals surface area contributed by atoms with Crippen molar-refractivity contribution in [2.24, 2.45) is 0 Å². The third-order valence-corrected chi connectivity index (χ3v) is 2.45. The second-order valence-electron chi connectivity index (χ2n) is 3.81. The number of ether oxygens (including phenoxy) is 1. The summed E-state index contributed by atoms with van der Waals surface area (Å²) in [5, 5.41) is 5.62. The molecule has 2 amide bonds. The van der Waals surface area contributed by atoms with Gasteiger partial charge in [-0.3, -0.25) is 0 Å². The summed E-state index contributed by atoms with van der Waals surface area (Å²) in [5.74, 6) is 0. The first-order valence-corrected chi connectivity index (χ1v) is 5.17. The fourth-order valence-electron chi connectivity index (χ4n) is 1.40. The van der Waals surface area contributed by atoms with Gasteiger partial charge in [0, 0.05) is 12.2 Å². The third-order valence-electron chi connectivity index (χ3n) is 2.45. The maximum atomic E-state index is 11.2. The molecule has 0 unspecified atom stereocenters. The van der Waals surface area contributed by atoms with Crippen molar-refractivity contribution in [3.05, 3.63) is 11.8 Å². The van der Waals surface area contributed by atoms with Gasteiger partial charge in [0.05, 0.1) is 13.2 Å². The van der Waals surface area contributed by atoms with E-state index in [4.69, 9.17) is 4.74 Å². The minimum Gasteiger partial charge on any atom is -0.381 e. The number of urea groups is 1. The number of hydrogen-bond donors (Lipinski definition) is 2. The molecule has 1 heterocycles. The lowest BCUT2D eigenvalue weighted by Crippen LogP contribution is -2.34. The van der Waals surface area contributed by atoms with E-state index in [1.165, 1.54) is 5.57 Å². The Hall–Kier alpha value is -1.03. The SMILES string of the molecule is O=C(NC=C1CCOCC1)NC1CC1. The Morgan fingerprint density at radius 3 is 2.71 bits per heavy atom. The molecule has 4 heteroatoms. The molecular weight excluding hydrogens is 180 g/mol. The van der Waals surface area contributed by atoms with Crippen molar-refractivity contribution in [2.45, 2.75) is 31.7 Å². The van der Waals surface area contributed by atoms with Crippen LogP contribution in [0.25, 0.3) is 0 Å². The van der Waals surface area contributed by atoms with Crippen molar-refractivity contribution in [1.29, 1.82) is 0 Å². The van der Waals surface area contributed by atoms with Gasteiger partial charge in [-0.15, -0.1) is 0 Å². The van der Waals surface area contributed by atoms with Crippen LogP contribution in [-0.2, 0) is 4.74 Å². The number of amides is 2. The van der Waals surface area contributed by atoms with E-state index in [1.807, 2.05) is 6.20 Å². The van der Waals surface area contributed by atoms with Crippen molar-refractivity contribution in [3.8, 4) is 0 Å². The minimum atomic E-state index is -0.0773. The fourth-order valence-corrected chi connectivity index (χ4v) is 1.40. The number of hydrogen-bond acceptors (Lipinski definition) is 2. The number of carbonyl (C=O) groups is 1. The summed E-state index contributed by atoms with van der Waals surface area (Å²) in [6.07, 6.45) is 5.93. The van der Waals surface area contributed by atoms with E-state index in [-0.39, 0.29) is 6.03 Å². The highest BCUT2D eigenvalue weighted by molar-refractivity contribution is 5.75. The summed E-state index contributed by atoms with van der Waals surface area (Å²) in [6, 6.07) is 0.342. The van der Waals surface area contributed by atoms with Gasteiger partial charge in [-0.25, -0.2) is 4.79 Å². The van der Waals surface area contributed by atoms with Gasteiger partial charge in [0.15, 0.2) is 0 Å². The first kappa shape index (κ1) is 9.52. The summed E-state index contributed by atoms with van der Waals surface area (Å²) in [7, 11) is 0. The van der Waals surface area contributed by atoms with Crippen LogP contribution in [-0.4, -0.2) is 25.3 Å². The lowest BCUT2D eigenvalue weighted by atomic mass is 10.1. The molecule has 78 valence electrons. The highest BCUT2D eigenvalue weighted by Gasteiger charge is 2.22. The van der Waals surface area contributed by atoms with Gasteiger partial charge < -0.3 is 15.4 Å². The molecule has 0 aromatic carbocycles. The molecule has 0 aromatic heterocycles. The lowest BCUT2D eigenvalue weighted by Gasteiger charge is -2.14. The Morgan fingerprint density at radius 1 is 1.36 bits per heavy atom. The summed E-state index contributed by atoms with van der Waals surface area (Å²) in [5.41, 5.74) is 1.27. The van der Waals surface area contributed by atoms with Gasteiger partial charge in [-0.1, -0.05) is 0 Å². The molecule has 2 aliphatic rings. The zero-order valence-electron chi connectivity index (χ0n) is 8.21. The van der Waals surface area contributed by atoms with Crippen molar-refractivity contribution in [2.75, 3.05) is 13.2 Å². The van der Waals surface area contributed by atoms with Crippen LogP contribution in [0, 0.1) is 0 Å². The molecule has 1 saturated heterocycles. The van der Waals surface area contributed by atoms with Crippen LogP contribution in [0.3, 0.4) is 0 Å². The third kappa shape index (κ3) is 3.03. The first-order valence-electron chi connectivity index (χ1n) is 5.17. The van der Waals surface area contributed by atoms with E-state index in [9.17, 15) is 4.79 Å². The van der Waals surface area contributed by atoms with Crippen molar-refractivity contribution >= 4 is 6.03 Å². The summed E-state index contributed by atoms with van der Waals surface area (Å²) < 4.78 is 5.21. The normalized spacial score (nSPS) is 21.6. The molecule has 2 rings (SSSR count). The topological polar surface area (TPSA) is 50.4 Å². The van der Waals surface area contributed by atoms with Gasteiger partial charge in [-0.05, 0) is 31.3 Å². The quantitative estimate of drug-likeness (QED) is 0.696. The largest absolute Gasteiger partial charge is 0.381 e. The molecule has 1 saturated carbocycles. The van der Waals surface area contributed by atoms with Gasteiger partial charge in [0.1, 0.15) is 0 Å². The average molecular weight is 196 g/mol. The second-order valence-corrected chi connectivity index (χ2v) is 3.81. The van der Waals surface area contributed by atoms with Gasteiger partial charge in [0.25, 0.3) is 0 Å². The van der Waals surface area contributed by atoms with E-state index in [0.29, 0.717) is 6.04 Å². The smallest absolute Gasteiger partial charge is 0.318 e. The molecule has 14 heavy (non-hydrogen) atoms. The summed E-state index contributed by atoms with van der Waals surface area (Å²) in [4.78, 5) is 11.2. The molecule has 0 aromatic rings. The second kappa shape index (κ2) is 4.46. The van der Waals surface area contributed by atoms with Gasteiger partial charge in [-0.2, -0.15) is 0 Å². The molecule has 0 radical (unpaired) electrons. The number of nitrogens with one attached hydrogen (secondary N) is 2. The van der Waals surface area contributed by atoms with E-state index in [0.717, 1.165) is 38.9 Å². The molecule has 0 spiro atoms. The zero-order valence-corrected chi connectivity index (χ0v) is 8.21. The summed E-state index contributed by atoms with van der Waals surface area (Å²) >= 11 is 0. The Bertz CT molecular complexity index is 239. The van der Waals surface area contributed by atoms with Crippen LogP contribution in [0.4, 0.5) is 4.79 Å². The van der Waals surface area contributed by atoms with Crippen molar-refractivity contribution in [1.82, 2.24) is 10.6 Å². The number of carbonyl (C=O) groups excluding carboxylic acids is 1. The highest BCUT2D eigenvalue weighted by Crippen LogP contribution is 2.18. The van der Waals surface area contributed by atoms with E-state index in [2.05, 4.69) is 10.6 Å². The predicted octanol–water partition coefficient (Wildman–Crippen LogP) is 1.14. The highest BCUT2D eigenvalue weighted by atomic mass is 16.5. The van der Waals surface area contributed by atoms with Crippen molar-refractivity contribution in [3.63, 3.8) is 0 Å². The van der Waals surface area contributed by atoms with Crippen LogP contribution in [0.15, 0.2) is 11.8 Å². The Morgan fingerprint density at radius 2 is 2.07 bits per heavy atom. The van der Waals surface area contributed by atoms with Crippen LogP contribution < -0.4 is 10.6 Å². The molecule has 1 aliphatic carbocycles. The maximum absolute atomic E-state index is 11.2. The first-order chi connectivity index (χ1) is 6.84. The lowest BCUT2D eigenvalue weighted by molar-refractivity contribution is 0.119. The van der Waals surface area contributed by atoms with E-state index in [1.54, 1.807) is 0 Å². The number of rotatable bonds is 2. The molecule has 1 aliphatic heterocycles. The zero-order chi connectivity index (χ0) is 9.80. The Labute approximate surface area is 83.7 Å². The van der Waals surface area contributed by atoms with Gasteiger partial charge >= 0.3 is 6.03 Å². The molecular formula is C10H16N2O2. The van der Waals surface area contributed by atoms with E-state index >= 15 is 0 Å². The Kier molecular flexibility index (Phi) is 3.03. The van der Waals surface area contributed by atoms with Gasteiger partial charge in [0.2, 0.25) is 0 Å². The van der Waals surface area contributed by atoms with Crippen LogP contribution in [0.1, 0.15) is 25.7 Å². The predicted molar refractivity (Wildman–Crippen MR) is 52.8 cm³/mol. The molecule has 4 nitrogen and oxygen atoms in total. The molecule has 0 atom stereocenters. The molecule has 2 fully saturated rings. The minimum absolute atomic E-state index is 0.0773. The standard InChI is InChI=1S/C10H16N2O2/c13-10(12-9-1-2-9)11-7-8-3-5-14-6-4-8/h7,9H,1-6H2,(H2,11,12,13). The van der Waals surface area contributed by atoms with Crippen LogP contribution in [0.5, 0.6) is 0 Å². The van der Waals surface area contributed by atoms with Crippen LogP contribution >= 0.6 is 0 Å². The monoisotopic (exact) mass is 196 g/mol. The average Bonchev–Trinajstić information content (AvgIpc) is 3.00. The fraction of sp³-hybridized carbons (Fsp3) is 0.700. The summed E-state index contributed by atoms with van der Waals surface area (Å²) in [6.45, 7) is 1.55. The molecule has 2 N–H and O–H groups in total. The Balaban J connectivity index is 1.70. The van der Waals surface area contributed by atoms with Crippen LogP contribution in [0.2, 0.25) is 0 Å². The van der Waals surface area contributed by atoms with E-state index < -0.39 is 0 Å².